The average molecular weight is 395 g/mol. The van der Waals surface area contributed by atoms with Crippen molar-refractivity contribution in [2.75, 3.05) is 57.4 Å². The molecule has 2 aliphatic heterocycles. The van der Waals surface area contributed by atoms with E-state index in [0.29, 0.717) is 52.5 Å². The van der Waals surface area contributed by atoms with Gasteiger partial charge in [0.1, 0.15) is 0 Å². The van der Waals surface area contributed by atoms with E-state index in [4.69, 9.17) is 4.74 Å². The van der Waals surface area contributed by atoms with E-state index in [9.17, 15) is 8.42 Å². The molecule has 1 aromatic carbocycles. The molecule has 0 bridgehead atoms. The van der Waals surface area contributed by atoms with Crippen molar-refractivity contribution in [2.24, 2.45) is 0 Å². The molecule has 2 aromatic rings. The van der Waals surface area contributed by atoms with Crippen LogP contribution in [-0.4, -0.2) is 74.5 Å². The SMILES string of the molecule is O=S(=O)(N1CCOCC1)N1CCN(c2ncc(-c3ccccc3)s2)CC1. The monoisotopic (exact) mass is 394 g/mol. The Labute approximate surface area is 158 Å². The van der Waals surface area contributed by atoms with Crippen LogP contribution in [-0.2, 0) is 14.9 Å². The van der Waals surface area contributed by atoms with Crippen molar-refractivity contribution >= 4 is 26.7 Å². The highest BCUT2D eigenvalue weighted by Gasteiger charge is 2.33. The van der Waals surface area contributed by atoms with Crippen LogP contribution in [0.2, 0.25) is 0 Å². The molecule has 0 N–H and O–H groups in total. The quantitative estimate of drug-likeness (QED) is 0.786. The van der Waals surface area contributed by atoms with Crippen molar-refractivity contribution in [3.8, 4) is 10.4 Å². The topological polar surface area (TPSA) is 66.0 Å². The summed E-state index contributed by atoms with van der Waals surface area (Å²) in [5, 5.41) is 0.951. The number of anilines is 1. The number of piperazine rings is 1. The van der Waals surface area contributed by atoms with E-state index < -0.39 is 10.2 Å². The van der Waals surface area contributed by atoms with Crippen LogP contribution in [0.1, 0.15) is 0 Å². The lowest BCUT2D eigenvalue weighted by Gasteiger charge is -2.37. The molecule has 3 heterocycles. The van der Waals surface area contributed by atoms with E-state index in [0.717, 1.165) is 15.6 Å². The number of hydrogen-bond donors (Lipinski definition) is 0. The smallest absolute Gasteiger partial charge is 0.282 e. The first kappa shape index (κ1) is 17.9. The second-order valence-corrected chi connectivity index (χ2v) is 9.22. The van der Waals surface area contributed by atoms with Crippen LogP contribution in [0.15, 0.2) is 36.5 Å². The van der Waals surface area contributed by atoms with Crippen molar-refractivity contribution < 1.29 is 13.2 Å². The molecule has 2 fully saturated rings. The Kier molecular flexibility index (Phi) is 5.23. The second kappa shape index (κ2) is 7.61. The van der Waals surface area contributed by atoms with Gasteiger partial charge in [-0.1, -0.05) is 41.7 Å². The Balaban J connectivity index is 1.40. The Hall–Kier alpha value is -1.52. The van der Waals surface area contributed by atoms with Gasteiger partial charge < -0.3 is 9.64 Å². The predicted molar refractivity (Wildman–Crippen MR) is 103 cm³/mol. The van der Waals surface area contributed by atoms with E-state index in [2.05, 4.69) is 22.0 Å². The summed E-state index contributed by atoms with van der Waals surface area (Å²) in [4.78, 5) is 7.84. The number of aromatic nitrogens is 1. The molecule has 0 unspecified atom stereocenters. The van der Waals surface area contributed by atoms with Gasteiger partial charge >= 0.3 is 0 Å². The third-order valence-corrected chi connectivity index (χ3v) is 7.83. The van der Waals surface area contributed by atoms with Gasteiger partial charge in [0.05, 0.1) is 18.1 Å². The van der Waals surface area contributed by atoms with Crippen LogP contribution in [0.25, 0.3) is 10.4 Å². The van der Waals surface area contributed by atoms with E-state index in [1.54, 1.807) is 15.6 Å². The van der Waals surface area contributed by atoms with Gasteiger partial charge in [-0.25, -0.2) is 4.98 Å². The van der Waals surface area contributed by atoms with Gasteiger partial charge in [-0.2, -0.15) is 17.0 Å². The van der Waals surface area contributed by atoms with Crippen LogP contribution in [0.3, 0.4) is 0 Å². The number of rotatable bonds is 4. The molecule has 0 amide bonds. The van der Waals surface area contributed by atoms with Crippen molar-refractivity contribution in [1.82, 2.24) is 13.6 Å². The molecule has 0 saturated carbocycles. The van der Waals surface area contributed by atoms with Gasteiger partial charge in [0, 0.05) is 45.5 Å². The summed E-state index contributed by atoms with van der Waals surface area (Å²) in [5.41, 5.74) is 1.16. The van der Waals surface area contributed by atoms with Crippen LogP contribution < -0.4 is 4.90 Å². The zero-order valence-corrected chi connectivity index (χ0v) is 16.1. The summed E-state index contributed by atoms with van der Waals surface area (Å²) < 4.78 is 33.8. The lowest BCUT2D eigenvalue weighted by atomic mass is 10.2. The molecule has 4 rings (SSSR count). The number of ether oxygens (including phenoxy) is 1. The highest BCUT2D eigenvalue weighted by Crippen LogP contribution is 2.31. The van der Waals surface area contributed by atoms with Gasteiger partial charge in [0.25, 0.3) is 10.2 Å². The van der Waals surface area contributed by atoms with E-state index in [1.807, 2.05) is 24.4 Å². The second-order valence-electron chi connectivity index (χ2n) is 6.28. The van der Waals surface area contributed by atoms with Gasteiger partial charge in [-0.15, -0.1) is 0 Å². The van der Waals surface area contributed by atoms with Gasteiger partial charge in [0.2, 0.25) is 0 Å². The number of nitrogens with zero attached hydrogens (tertiary/aromatic N) is 4. The van der Waals surface area contributed by atoms with Crippen LogP contribution in [0.5, 0.6) is 0 Å². The molecule has 2 saturated heterocycles. The molecule has 0 aliphatic carbocycles. The largest absolute Gasteiger partial charge is 0.379 e. The Morgan fingerprint density at radius 2 is 1.58 bits per heavy atom. The molecular weight excluding hydrogens is 372 g/mol. The third kappa shape index (κ3) is 3.63. The molecule has 0 spiro atoms. The molecule has 2 aliphatic rings. The minimum absolute atomic E-state index is 0.440. The minimum Gasteiger partial charge on any atom is -0.379 e. The number of benzene rings is 1. The lowest BCUT2D eigenvalue weighted by molar-refractivity contribution is 0.0700. The fourth-order valence-electron chi connectivity index (χ4n) is 3.20. The first-order valence-electron chi connectivity index (χ1n) is 8.74. The fraction of sp³-hybridized carbons (Fsp3) is 0.471. The fourth-order valence-corrected chi connectivity index (χ4v) is 5.73. The van der Waals surface area contributed by atoms with E-state index in [-0.39, 0.29) is 0 Å². The number of hydrogen-bond acceptors (Lipinski definition) is 6. The minimum atomic E-state index is -3.39. The Morgan fingerprint density at radius 1 is 0.923 bits per heavy atom. The maximum Gasteiger partial charge on any atom is 0.282 e. The maximum absolute atomic E-state index is 12.7. The van der Waals surface area contributed by atoms with Crippen LogP contribution in [0, 0.1) is 0 Å². The molecule has 0 atom stereocenters. The van der Waals surface area contributed by atoms with Gasteiger partial charge in [-0.05, 0) is 5.56 Å². The standard InChI is InChI=1S/C17H22N4O3S2/c22-26(23,21-10-12-24-13-11-21)20-8-6-19(7-9-20)17-18-14-16(25-17)15-4-2-1-3-5-15/h1-5,14H,6-13H2. The van der Waals surface area contributed by atoms with Crippen molar-refractivity contribution in [1.29, 1.82) is 0 Å². The molecule has 0 radical (unpaired) electrons. The normalized spacial score (nSPS) is 20.4. The summed E-state index contributed by atoms with van der Waals surface area (Å²) in [6.07, 6.45) is 1.90. The first-order chi connectivity index (χ1) is 12.6. The number of thiazole rings is 1. The molecule has 1 aromatic heterocycles. The highest BCUT2D eigenvalue weighted by atomic mass is 32.2. The first-order valence-corrected chi connectivity index (χ1v) is 10.9. The van der Waals surface area contributed by atoms with E-state index >= 15 is 0 Å². The third-order valence-electron chi connectivity index (χ3n) is 4.68. The molecule has 7 nitrogen and oxygen atoms in total. The van der Waals surface area contributed by atoms with Crippen LogP contribution in [0.4, 0.5) is 5.13 Å². The lowest BCUT2D eigenvalue weighted by Crippen LogP contribution is -2.55. The van der Waals surface area contributed by atoms with Crippen molar-refractivity contribution in [3.63, 3.8) is 0 Å². The maximum atomic E-state index is 12.7. The molecular formula is C17H22N4O3S2. The summed E-state index contributed by atoms with van der Waals surface area (Å²) >= 11 is 1.65. The van der Waals surface area contributed by atoms with Crippen LogP contribution >= 0.6 is 11.3 Å². The Bertz CT molecular complexity index is 827. The Morgan fingerprint density at radius 3 is 2.27 bits per heavy atom. The highest BCUT2D eigenvalue weighted by molar-refractivity contribution is 7.86. The summed E-state index contributed by atoms with van der Waals surface area (Å²) in [7, 11) is -3.39. The molecule has 140 valence electrons. The zero-order valence-electron chi connectivity index (χ0n) is 14.5. The van der Waals surface area contributed by atoms with Gasteiger partial charge in [-0.3, -0.25) is 0 Å². The summed E-state index contributed by atoms with van der Waals surface area (Å²) in [5.74, 6) is 0. The van der Waals surface area contributed by atoms with Crippen molar-refractivity contribution in [2.45, 2.75) is 0 Å². The van der Waals surface area contributed by atoms with E-state index in [1.165, 1.54) is 4.31 Å². The van der Waals surface area contributed by atoms with Crippen molar-refractivity contribution in [3.05, 3.63) is 36.5 Å². The number of morpholine rings is 1. The average Bonchev–Trinajstić information content (AvgIpc) is 3.20. The van der Waals surface area contributed by atoms with Gasteiger partial charge in [0.15, 0.2) is 5.13 Å². The summed E-state index contributed by atoms with van der Waals surface area (Å²) in [6.45, 7) is 4.11. The zero-order chi connectivity index (χ0) is 18.0. The molecule has 9 heteroatoms. The molecule has 26 heavy (non-hydrogen) atoms. The summed E-state index contributed by atoms with van der Waals surface area (Å²) in [6, 6.07) is 10.2. The predicted octanol–water partition coefficient (Wildman–Crippen LogP) is 1.51.